The zero-order chi connectivity index (χ0) is 17.8. The summed E-state index contributed by atoms with van der Waals surface area (Å²) in [6, 6.07) is 0. The second-order valence-corrected chi connectivity index (χ2v) is 6.81. The predicted molar refractivity (Wildman–Crippen MR) is 93.5 cm³/mol. The number of thiophene rings is 1. The highest BCUT2D eigenvalue weighted by atomic mass is 32.1. The fourth-order valence-electron chi connectivity index (χ4n) is 2.89. The van der Waals surface area contributed by atoms with Gasteiger partial charge in [-0.15, -0.1) is 11.3 Å². The maximum Gasteiger partial charge on any atom is 0.341 e. The first-order valence-corrected chi connectivity index (χ1v) is 9.25. The van der Waals surface area contributed by atoms with E-state index in [1.807, 2.05) is 0 Å². The monoisotopic (exact) mass is 366 g/mol. The molecule has 0 radical (unpaired) electrons. The van der Waals surface area contributed by atoms with Crippen LogP contribution in [0.4, 0.5) is 5.00 Å². The first-order chi connectivity index (χ1) is 12.1. The van der Waals surface area contributed by atoms with Gasteiger partial charge < -0.3 is 19.5 Å². The Kier molecular flexibility index (Phi) is 5.60. The Hall–Kier alpha value is -2.06. The van der Waals surface area contributed by atoms with Gasteiger partial charge in [0.2, 0.25) is 5.76 Å². The molecule has 0 atom stereocenters. The number of esters is 1. The molecular formula is C17H22N2O5S. The van der Waals surface area contributed by atoms with Gasteiger partial charge in [0.05, 0.1) is 12.2 Å². The maximum atomic E-state index is 12.5. The molecule has 1 N–H and O–H groups in total. The zero-order valence-corrected chi connectivity index (χ0v) is 15.2. The summed E-state index contributed by atoms with van der Waals surface area (Å²) in [5, 5.41) is 3.31. The number of fused-ring (bicyclic) bond motifs is 1. The molecule has 25 heavy (non-hydrogen) atoms. The normalized spacial score (nSPS) is 17.0. The van der Waals surface area contributed by atoms with Gasteiger partial charge in [-0.05, 0) is 25.5 Å². The molecule has 7 nitrogen and oxygen atoms in total. The second kappa shape index (κ2) is 7.88. The Labute approximate surface area is 150 Å². The van der Waals surface area contributed by atoms with Crippen LogP contribution in [0.3, 0.4) is 0 Å². The molecule has 1 amide bonds. The molecule has 3 rings (SSSR count). The molecule has 3 heterocycles. The fourth-order valence-corrected chi connectivity index (χ4v) is 4.16. The third-order valence-electron chi connectivity index (χ3n) is 4.16. The van der Waals surface area contributed by atoms with Crippen molar-refractivity contribution in [2.75, 3.05) is 38.2 Å². The van der Waals surface area contributed by atoms with Crippen LogP contribution in [0.15, 0.2) is 12.0 Å². The quantitative estimate of drug-likeness (QED) is 0.805. The average Bonchev–Trinajstić information content (AvgIpc) is 2.99. The lowest BCUT2D eigenvalue weighted by atomic mass is 10.0. The number of nitrogens with zero attached hydrogens (tertiary/aromatic N) is 1. The van der Waals surface area contributed by atoms with Crippen LogP contribution in [0.1, 0.15) is 34.6 Å². The summed E-state index contributed by atoms with van der Waals surface area (Å²) < 4.78 is 15.6. The first kappa shape index (κ1) is 17.8. The molecule has 0 aromatic carbocycles. The summed E-state index contributed by atoms with van der Waals surface area (Å²) >= 11 is 1.43. The van der Waals surface area contributed by atoms with Gasteiger partial charge in [0.1, 0.15) is 24.5 Å². The lowest BCUT2D eigenvalue weighted by Gasteiger charge is -2.25. The number of rotatable bonds is 5. The number of nitrogens with one attached hydrogen (secondary N) is 1. The molecule has 0 fully saturated rings. The number of likely N-dealkylation sites (N-methyl/N-ethyl adjacent to an activating group) is 1. The Morgan fingerprint density at radius 2 is 2.20 bits per heavy atom. The largest absolute Gasteiger partial charge is 0.494 e. The van der Waals surface area contributed by atoms with E-state index in [0.29, 0.717) is 30.4 Å². The summed E-state index contributed by atoms with van der Waals surface area (Å²) in [6.07, 6.45) is 2.07. The summed E-state index contributed by atoms with van der Waals surface area (Å²) in [5.74, 6) is -0.700. The van der Waals surface area contributed by atoms with Crippen LogP contribution in [0, 0.1) is 0 Å². The fraction of sp³-hybridized carbons (Fsp3) is 0.529. The number of hydrogen-bond acceptors (Lipinski definition) is 7. The topological polar surface area (TPSA) is 77.1 Å². The first-order valence-electron chi connectivity index (χ1n) is 8.44. The van der Waals surface area contributed by atoms with Crippen LogP contribution < -0.4 is 5.32 Å². The Morgan fingerprint density at radius 3 is 2.88 bits per heavy atom. The lowest BCUT2D eigenvalue weighted by molar-refractivity contribution is -0.117. The van der Waals surface area contributed by atoms with Crippen molar-refractivity contribution in [3.63, 3.8) is 0 Å². The van der Waals surface area contributed by atoms with Crippen molar-refractivity contribution in [1.82, 2.24) is 4.90 Å². The van der Waals surface area contributed by atoms with Crippen molar-refractivity contribution >= 4 is 28.2 Å². The molecular weight excluding hydrogens is 344 g/mol. The maximum absolute atomic E-state index is 12.5. The minimum atomic E-state index is -0.420. The minimum absolute atomic E-state index is 0.114. The van der Waals surface area contributed by atoms with Gasteiger partial charge in [-0.1, -0.05) is 6.92 Å². The van der Waals surface area contributed by atoms with Gasteiger partial charge in [-0.25, -0.2) is 4.79 Å². The van der Waals surface area contributed by atoms with Crippen molar-refractivity contribution in [1.29, 1.82) is 0 Å². The van der Waals surface area contributed by atoms with Crippen LogP contribution in [0.2, 0.25) is 0 Å². The van der Waals surface area contributed by atoms with E-state index < -0.39 is 11.9 Å². The van der Waals surface area contributed by atoms with E-state index in [2.05, 4.69) is 17.1 Å². The number of anilines is 1. The molecule has 8 heteroatoms. The van der Waals surface area contributed by atoms with Gasteiger partial charge in [0, 0.05) is 18.0 Å². The van der Waals surface area contributed by atoms with Crippen LogP contribution >= 0.6 is 11.3 Å². The molecule has 2 aliphatic heterocycles. The molecule has 136 valence electrons. The van der Waals surface area contributed by atoms with Gasteiger partial charge in [-0.2, -0.15) is 0 Å². The van der Waals surface area contributed by atoms with E-state index in [1.54, 1.807) is 6.92 Å². The molecule has 0 spiro atoms. The molecule has 2 aliphatic rings. The van der Waals surface area contributed by atoms with E-state index in [1.165, 1.54) is 17.6 Å². The summed E-state index contributed by atoms with van der Waals surface area (Å²) in [5.41, 5.74) is 1.46. The van der Waals surface area contributed by atoms with E-state index >= 15 is 0 Å². The Morgan fingerprint density at radius 1 is 1.36 bits per heavy atom. The summed E-state index contributed by atoms with van der Waals surface area (Å²) in [4.78, 5) is 28.3. The second-order valence-electron chi connectivity index (χ2n) is 5.70. The van der Waals surface area contributed by atoms with Crippen molar-refractivity contribution in [2.45, 2.75) is 26.8 Å². The molecule has 1 aromatic rings. The van der Waals surface area contributed by atoms with Crippen molar-refractivity contribution in [3.8, 4) is 0 Å². The van der Waals surface area contributed by atoms with Gasteiger partial charge >= 0.3 is 5.97 Å². The number of hydrogen-bond donors (Lipinski definition) is 1. The standard InChI is InChI=1S/C17H22N2O5S/c1-3-19-6-5-11-13(9-19)25-16(14(11)17(21)23-4-2)18-15(20)12-10-22-7-8-24-12/h10H,3-9H2,1-2H3,(H,18,20). The molecule has 0 saturated heterocycles. The van der Waals surface area contributed by atoms with E-state index in [9.17, 15) is 9.59 Å². The number of amides is 1. The van der Waals surface area contributed by atoms with Crippen LogP contribution in [-0.4, -0.2) is 49.7 Å². The molecule has 0 saturated carbocycles. The molecule has 0 unspecified atom stereocenters. The van der Waals surface area contributed by atoms with E-state index in [0.717, 1.165) is 36.5 Å². The number of carbonyl (C=O) groups is 2. The van der Waals surface area contributed by atoms with Crippen LogP contribution in [0.5, 0.6) is 0 Å². The third-order valence-corrected chi connectivity index (χ3v) is 5.29. The Balaban J connectivity index is 1.89. The number of carbonyl (C=O) groups excluding carboxylic acids is 2. The van der Waals surface area contributed by atoms with Gasteiger partial charge in [0.25, 0.3) is 5.91 Å². The van der Waals surface area contributed by atoms with E-state index in [4.69, 9.17) is 14.2 Å². The molecule has 0 bridgehead atoms. The smallest absolute Gasteiger partial charge is 0.341 e. The SMILES string of the molecule is CCOC(=O)c1c(NC(=O)C2=COCCO2)sc2c1CCN(CC)C2. The minimum Gasteiger partial charge on any atom is -0.494 e. The highest BCUT2D eigenvalue weighted by Gasteiger charge is 2.30. The summed E-state index contributed by atoms with van der Waals surface area (Å²) in [6.45, 7) is 7.54. The highest BCUT2D eigenvalue weighted by Crippen LogP contribution is 2.37. The molecule has 0 aliphatic carbocycles. The average molecular weight is 366 g/mol. The van der Waals surface area contributed by atoms with Gasteiger partial charge in [0.15, 0.2) is 0 Å². The van der Waals surface area contributed by atoms with Crippen LogP contribution in [-0.2, 0) is 32.0 Å². The summed E-state index contributed by atoms with van der Waals surface area (Å²) in [7, 11) is 0. The van der Waals surface area contributed by atoms with Crippen molar-refractivity contribution in [2.24, 2.45) is 0 Å². The zero-order valence-electron chi connectivity index (χ0n) is 14.4. The van der Waals surface area contributed by atoms with Crippen molar-refractivity contribution < 1.29 is 23.8 Å². The number of ether oxygens (including phenoxy) is 3. The predicted octanol–water partition coefficient (Wildman–Crippen LogP) is 2.13. The highest BCUT2D eigenvalue weighted by molar-refractivity contribution is 7.17. The molecule has 1 aromatic heterocycles. The van der Waals surface area contributed by atoms with Crippen LogP contribution in [0.25, 0.3) is 0 Å². The van der Waals surface area contributed by atoms with Crippen molar-refractivity contribution in [3.05, 3.63) is 28.0 Å². The lowest BCUT2D eigenvalue weighted by Crippen LogP contribution is -2.30. The Bertz CT molecular complexity index is 697. The van der Waals surface area contributed by atoms with Gasteiger partial charge in [-0.3, -0.25) is 9.69 Å². The van der Waals surface area contributed by atoms with E-state index in [-0.39, 0.29) is 5.76 Å². The third kappa shape index (κ3) is 3.80.